The van der Waals surface area contributed by atoms with Gasteiger partial charge >= 0.3 is 0 Å². The first-order valence-electron chi connectivity index (χ1n) is 4.96. The predicted molar refractivity (Wildman–Crippen MR) is 51.4 cm³/mol. The molecule has 3 atom stereocenters. The zero-order valence-corrected chi connectivity index (χ0v) is 8.67. The molecule has 3 unspecified atom stereocenters. The van der Waals surface area contributed by atoms with E-state index in [0.717, 1.165) is 18.8 Å². The van der Waals surface area contributed by atoms with E-state index in [4.69, 9.17) is 4.74 Å². The molecule has 0 spiro atoms. The van der Waals surface area contributed by atoms with Crippen LogP contribution in [0.5, 0.6) is 0 Å². The maximum Gasteiger partial charge on any atom is 0.249 e. The first-order chi connectivity index (χ1) is 6.13. The number of nitrogens with one attached hydrogen (secondary N) is 1. The molecule has 1 aliphatic rings. The fraction of sp³-hybridized carbons (Fsp3) is 0.900. The Morgan fingerprint density at radius 3 is 2.69 bits per heavy atom. The Labute approximate surface area is 79.8 Å². The van der Waals surface area contributed by atoms with Gasteiger partial charge in [-0.25, -0.2) is 0 Å². The van der Waals surface area contributed by atoms with E-state index in [1.54, 1.807) is 14.0 Å². The minimum absolute atomic E-state index is 0.0154. The summed E-state index contributed by atoms with van der Waals surface area (Å²) in [7, 11) is 1.56. The number of methoxy groups -OCH3 is 1. The van der Waals surface area contributed by atoms with Crippen LogP contribution >= 0.6 is 0 Å². The van der Waals surface area contributed by atoms with E-state index in [1.807, 2.05) is 0 Å². The first-order valence-corrected chi connectivity index (χ1v) is 4.96. The summed E-state index contributed by atoms with van der Waals surface area (Å²) >= 11 is 0. The van der Waals surface area contributed by atoms with Gasteiger partial charge in [0.1, 0.15) is 6.10 Å². The highest BCUT2D eigenvalue weighted by molar-refractivity contribution is 5.80. The lowest BCUT2D eigenvalue weighted by atomic mass is 10.1. The molecule has 3 nitrogen and oxygen atoms in total. The third kappa shape index (κ3) is 2.99. The molecule has 0 saturated heterocycles. The predicted octanol–water partition coefficient (Wildman–Crippen LogP) is 1.33. The van der Waals surface area contributed by atoms with Crippen molar-refractivity contribution in [1.82, 2.24) is 5.32 Å². The van der Waals surface area contributed by atoms with Crippen molar-refractivity contribution >= 4 is 5.91 Å². The Balaban J connectivity index is 2.28. The van der Waals surface area contributed by atoms with E-state index in [2.05, 4.69) is 12.2 Å². The second kappa shape index (κ2) is 4.61. The summed E-state index contributed by atoms with van der Waals surface area (Å²) in [5.41, 5.74) is 0. The standard InChI is InChI=1S/C10H19NO2/c1-7-4-5-9(6-7)11-10(12)8(2)13-3/h7-9H,4-6H2,1-3H3,(H,11,12). The van der Waals surface area contributed by atoms with Gasteiger partial charge in [-0.15, -0.1) is 0 Å². The van der Waals surface area contributed by atoms with E-state index < -0.39 is 0 Å². The van der Waals surface area contributed by atoms with Gasteiger partial charge in [0.05, 0.1) is 0 Å². The summed E-state index contributed by atoms with van der Waals surface area (Å²) in [6, 6.07) is 0.375. The van der Waals surface area contributed by atoms with Crippen molar-refractivity contribution in [2.75, 3.05) is 7.11 Å². The molecule has 1 aliphatic carbocycles. The van der Waals surface area contributed by atoms with Crippen LogP contribution in [0.1, 0.15) is 33.1 Å². The summed E-state index contributed by atoms with van der Waals surface area (Å²) < 4.78 is 4.94. The SMILES string of the molecule is COC(C)C(=O)NC1CCC(C)C1. The summed E-state index contributed by atoms with van der Waals surface area (Å²) in [5, 5.41) is 3.00. The van der Waals surface area contributed by atoms with Gasteiger partial charge in [0, 0.05) is 13.2 Å². The summed E-state index contributed by atoms with van der Waals surface area (Å²) in [6.45, 7) is 4.00. The summed E-state index contributed by atoms with van der Waals surface area (Å²) in [6.07, 6.45) is 3.13. The van der Waals surface area contributed by atoms with E-state index in [9.17, 15) is 4.79 Å². The monoisotopic (exact) mass is 185 g/mol. The maximum atomic E-state index is 11.4. The van der Waals surface area contributed by atoms with E-state index in [-0.39, 0.29) is 12.0 Å². The quantitative estimate of drug-likeness (QED) is 0.720. The molecule has 1 saturated carbocycles. The highest BCUT2D eigenvalue weighted by atomic mass is 16.5. The average Bonchev–Trinajstić information content (AvgIpc) is 2.49. The third-order valence-corrected chi connectivity index (χ3v) is 2.76. The number of hydrogen-bond donors (Lipinski definition) is 1. The molecule has 13 heavy (non-hydrogen) atoms. The highest BCUT2D eigenvalue weighted by Crippen LogP contribution is 2.24. The van der Waals surface area contributed by atoms with Crippen molar-refractivity contribution in [3.05, 3.63) is 0 Å². The van der Waals surface area contributed by atoms with Crippen LogP contribution in [0.2, 0.25) is 0 Å². The Kier molecular flexibility index (Phi) is 3.72. The van der Waals surface area contributed by atoms with E-state index in [0.29, 0.717) is 6.04 Å². The van der Waals surface area contributed by atoms with Crippen LogP contribution in [0.4, 0.5) is 0 Å². The fourth-order valence-electron chi connectivity index (χ4n) is 1.76. The van der Waals surface area contributed by atoms with Gasteiger partial charge in [-0.05, 0) is 32.1 Å². The molecule has 0 aromatic carbocycles. The van der Waals surface area contributed by atoms with Crippen LogP contribution in [0, 0.1) is 5.92 Å². The largest absolute Gasteiger partial charge is 0.372 e. The number of carbonyl (C=O) groups excluding carboxylic acids is 1. The zero-order valence-electron chi connectivity index (χ0n) is 8.67. The van der Waals surface area contributed by atoms with Crippen LogP contribution in [-0.4, -0.2) is 25.2 Å². The molecule has 76 valence electrons. The number of amides is 1. The molecule has 1 N–H and O–H groups in total. The normalized spacial score (nSPS) is 30.1. The molecule has 1 amide bonds. The Bertz CT molecular complexity index is 182. The molecule has 1 fully saturated rings. The van der Waals surface area contributed by atoms with Gasteiger partial charge in [0.15, 0.2) is 0 Å². The molecular formula is C10H19NO2. The van der Waals surface area contributed by atoms with E-state index in [1.165, 1.54) is 6.42 Å². The van der Waals surface area contributed by atoms with Crippen LogP contribution in [0.15, 0.2) is 0 Å². The van der Waals surface area contributed by atoms with Crippen molar-refractivity contribution in [3.8, 4) is 0 Å². The number of rotatable bonds is 3. The number of hydrogen-bond acceptors (Lipinski definition) is 2. The molecule has 0 aromatic heterocycles. The Morgan fingerprint density at radius 2 is 2.23 bits per heavy atom. The molecule has 0 heterocycles. The second-order valence-electron chi connectivity index (χ2n) is 4.00. The first kappa shape index (κ1) is 10.5. The minimum Gasteiger partial charge on any atom is -0.372 e. The molecule has 3 heteroatoms. The summed E-state index contributed by atoms with van der Waals surface area (Å²) in [5.74, 6) is 0.768. The second-order valence-corrected chi connectivity index (χ2v) is 4.00. The topological polar surface area (TPSA) is 38.3 Å². The molecule has 0 radical (unpaired) electrons. The molecular weight excluding hydrogens is 166 g/mol. The molecule has 1 rings (SSSR count). The molecule has 0 bridgehead atoms. The lowest BCUT2D eigenvalue weighted by molar-refractivity contribution is -0.130. The van der Waals surface area contributed by atoms with Crippen LogP contribution < -0.4 is 5.32 Å². The minimum atomic E-state index is -0.323. The van der Waals surface area contributed by atoms with Crippen LogP contribution in [0.25, 0.3) is 0 Å². The lowest BCUT2D eigenvalue weighted by Gasteiger charge is -2.15. The Morgan fingerprint density at radius 1 is 1.54 bits per heavy atom. The zero-order chi connectivity index (χ0) is 9.84. The Hall–Kier alpha value is -0.570. The van der Waals surface area contributed by atoms with Gasteiger partial charge in [0.25, 0.3) is 0 Å². The fourth-order valence-corrected chi connectivity index (χ4v) is 1.76. The van der Waals surface area contributed by atoms with Gasteiger partial charge < -0.3 is 10.1 Å². The molecule has 0 aliphatic heterocycles. The summed E-state index contributed by atoms with van der Waals surface area (Å²) in [4.78, 5) is 11.4. The van der Waals surface area contributed by atoms with E-state index >= 15 is 0 Å². The third-order valence-electron chi connectivity index (χ3n) is 2.76. The maximum absolute atomic E-state index is 11.4. The highest BCUT2D eigenvalue weighted by Gasteiger charge is 2.24. The molecule has 0 aromatic rings. The van der Waals surface area contributed by atoms with Gasteiger partial charge in [0.2, 0.25) is 5.91 Å². The van der Waals surface area contributed by atoms with Crippen molar-refractivity contribution in [3.63, 3.8) is 0 Å². The van der Waals surface area contributed by atoms with Crippen LogP contribution in [-0.2, 0) is 9.53 Å². The van der Waals surface area contributed by atoms with Crippen LogP contribution in [0.3, 0.4) is 0 Å². The van der Waals surface area contributed by atoms with Crippen molar-refractivity contribution in [2.45, 2.75) is 45.3 Å². The lowest BCUT2D eigenvalue weighted by Crippen LogP contribution is -2.39. The average molecular weight is 185 g/mol. The van der Waals surface area contributed by atoms with Gasteiger partial charge in [-0.1, -0.05) is 6.92 Å². The van der Waals surface area contributed by atoms with Gasteiger partial charge in [-0.3, -0.25) is 4.79 Å². The smallest absolute Gasteiger partial charge is 0.249 e. The number of carbonyl (C=O) groups is 1. The van der Waals surface area contributed by atoms with Crippen molar-refractivity contribution in [2.24, 2.45) is 5.92 Å². The van der Waals surface area contributed by atoms with Crippen molar-refractivity contribution < 1.29 is 9.53 Å². The van der Waals surface area contributed by atoms with Crippen molar-refractivity contribution in [1.29, 1.82) is 0 Å². The number of ether oxygens (including phenoxy) is 1. The van der Waals surface area contributed by atoms with Gasteiger partial charge in [-0.2, -0.15) is 0 Å².